The summed E-state index contributed by atoms with van der Waals surface area (Å²) in [4.78, 5) is 26.4. The highest BCUT2D eigenvalue weighted by atomic mass is 35.5. The predicted octanol–water partition coefficient (Wildman–Crippen LogP) is 5.10. The molecule has 1 N–H and O–H groups in total. The molecule has 0 saturated carbocycles. The van der Waals surface area contributed by atoms with Gasteiger partial charge < -0.3 is 23.9 Å². The standard InChI is InChI=1S/C25H18ClNO6/c1-30-18-11-10-14(12-16(18)26)23(28)24-22(15-6-2-3-7-17(15)33-24)27-25(29)21-13-31-19-8-4-5-9-20(19)32-21/h2-12,21H,13H2,1H3,(H,27,29). The zero-order chi connectivity index (χ0) is 22.9. The average molecular weight is 464 g/mol. The Hall–Kier alpha value is -3.97. The number of rotatable bonds is 5. The van der Waals surface area contributed by atoms with Gasteiger partial charge in [0.1, 0.15) is 17.9 Å². The van der Waals surface area contributed by atoms with Crippen molar-refractivity contribution in [1.82, 2.24) is 0 Å². The van der Waals surface area contributed by atoms with E-state index in [2.05, 4.69) is 5.32 Å². The van der Waals surface area contributed by atoms with E-state index in [-0.39, 0.29) is 23.1 Å². The van der Waals surface area contributed by atoms with Crippen molar-refractivity contribution in [2.75, 3.05) is 19.0 Å². The van der Waals surface area contributed by atoms with E-state index >= 15 is 0 Å². The van der Waals surface area contributed by atoms with Crippen LogP contribution in [0.1, 0.15) is 16.1 Å². The third kappa shape index (κ3) is 3.87. The molecule has 8 heteroatoms. The molecule has 166 valence electrons. The molecule has 0 spiro atoms. The van der Waals surface area contributed by atoms with Gasteiger partial charge in [-0.15, -0.1) is 0 Å². The molecule has 1 unspecified atom stereocenters. The first kappa shape index (κ1) is 20.9. The summed E-state index contributed by atoms with van der Waals surface area (Å²) in [6, 6.07) is 18.9. The van der Waals surface area contributed by atoms with Gasteiger partial charge in [0.15, 0.2) is 17.3 Å². The second-order valence-corrected chi connectivity index (χ2v) is 7.74. The number of hydrogen-bond acceptors (Lipinski definition) is 6. The fourth-order valence-corrected chi connectivity index (χ4v) is 3.88. The van der Waals surface area contributed by atoms with Gasteiger partial charge in [-0.1, -0.05) is 35.9 Å². The highest BCUT2D eigenvalue weighted by Crippen LogP contribution is 2.35. The van der Waals surface area contributed by atoms with Crippen LogP contribution < -0.4 is 19.5 Å². The van der Waals surface area contributed by atoms with E-state index in [0.717, 1.165) is 0 Å². The van der Waals surface area contributed by atoms with Crippen molar-refractivity contribution in [2.45, 2.75) is 6.10 Å². The number of nitrogens with one attached hydrogen (secondary N) is 1. The number of carbonyl (C=O) groups is 2. The Morgan fingerprint density at radius 2 is 1.79 bits per heavy atom. The van der Waals surface area contributed by atoms with E-state index in [1.165, 1.54) is 13.2 Å². The topological polar surface area (TPSA) is 87.0 Å². The first-order valence-electron chi connectivity index (χ1n) is 10.1. The molecular weight excluding hydrogens is 446 g/mol. The summed E-state index contributed by atoms with van der Waals surface area (Å²) in [5.74, 6) is 0.590. The minimum absolute atomic E-state index is 0.0112. The third-order valence-electron chi connectivity index (χ3n) is 5.26. The van der Waals surface area contributed by atoms with Crippen LogP contribution in [-0.4, -0.2) is 31.5 Å². The number of ketones is 1. The molecule has 3 aromatic carbocycles. The number of amides is 1. The van der Waals surface area contributed by atoms with Gasteiger partial charge in [0.25, 0.3) is 5.91 Å². The fourth-order valence-electron chi connectivity index (χ4n) is 3.62. The zero-order valence-electron chi connectivity index (χ0n) is 17.5. The lowest BCUT2D eigenvalue weighted by atomic mass is 10.1. The van der Waals surface area contributed by atoms with Crippen molar-refractivity contribution in [3.63, 3.8) is 0 Å². The number of hydrogen-bond donors (Lipinski definition) is 1. The van der Waals surface area contributed by atoms with Crippen LogP contribution in [0.15, 0.2) is 71.1 Å². The van der Waals surface area contributed by atoms with Crippen LogP contribution in [-0.2, 0) is 4.79 Å². The third-order valence-corrected chi connectivity index (χ3v) is 5.56. The molecule has 4 aromatic rings. The van der Waals surface area contributed by atoms with E-state index in [1.807, 2.05) is 6.07 Å². The van der Waals surface area contributed by atoms with Gasteiger partial charge in [-0.2, -0.15) is 0 Å². The number of fused-ring (bicyclic) bond motifs is 2. The van der Waals surface area contributed by atoms with Crippen LogP contribution in [0, 0.1) is 0 Å². The number of anilines is 1. The van der Waals surface area contributed by atoms with Gasteiger partial charge in [0, 0.05) is 10.9 Å². The van der Waals surface area contributed by atoms with Crippen LogP contribution in [0.3, 0.4) is 0 Å². The van der Waals surface area contributed by atoms with Crippen molar-refractivity contribution in [3.05, 3.63) is 83.1 Å². The number of ether oxygens (including phenoxy) is 3. The maximum absolute atomic E-state index is 13.3. The number of benzene rings is 3. The molecule has 33 heavy (non-hydrogen) atoms. The Morgan fingerprint density at radius 3 is 2.58 bits per heavy atom. The van der Waals surface area contributed by atoms with Crippen LogP contribution in [0.4, 0.5) is 5.69 Å². The maximum Gasteiger partial charge on any atom is 0.269 e. The molecule has 1 aliphatic heterocycles. The lowest BCUT2D eigenvalue weighted by Crippen LogP contribution is -2.40. The molecule has 0 bridgehead atoms. The molecule has 0 fully saturated rings. The highest BCUT2D eigenvalue weighted by molar-refractivity contribution is 6.32. The van der Waals surface area contributed by atoms with Crippen molar-refractivity contribution in [1.29, 1.82) is 0 Å². The van der Waals surface area contributed by atoms with Crippen molar-refractivity contribution in [2.24, 2.45) is 0 Å². The number of furan rings is 1. The van der Waals surface area contributed by atoms with E-state index < -0.39 is 17.8 Å². The Labute approximate surface area is 193 Å². The SMILES string of the molecule is COc1ccc(C(=O)c2oc3ccccc3c2NC(=O)C2COc3ccccc3O2)cc1Cl. The fraction of sp³-hybridized carbons (Fsp3) is 0.120. The molecule has 5 rings (SSSR count). The van der Waals surface area contributed by atoms with Crippen molar-refractivity contribution < 1.29 is 28.2 Å². The average Bonchev–Trinajstić information content (AvgIpc) is 3.21. The first-order valence-corrected chi connectivity index (χ1v) is 10.5. The Morgan fingerprint density at radius 1 is 1.03 bits per heavy atom. The number of halogens is 1. The minimum atomic E-state index is -0.896. The number of methoxy groups -OCH3 is 1. The van der Waals surface area contributed by atoms with Gasteiger partial charge in [0.2, 0.25) is 11.9 Å². The monoisotopic (exact) mass is 463 g/mol. The summed E-state index contributed by atoms with van der Waals surface area (Å²) in [7, 11) is 1.49. The van der Waals surface area contributed by atoms with Gasteiger partial charge >= 0.3 is 0 Å². The van der Waals surface area contributed by atoms with Crippen LogP contribution in [0.25, 0.3) is 11.0 Å². The molecule has 1 aromatic heterocycles. The lowest BCUT2D eigenvalue weighted by Gasteiger charge is -2.25. The van der Waals surface area contributed by atoms with E-state index in [1.54, 1.807) is 54.6 Å². The second kappa shape index (κ2) is 8.52. The molecule has 0 saturated heterocycles. The highest BCUT2D eigenvalue weighted by Gasteiger charge is 2.30. The second-order valence-electron chi connectivity index (χ2n) is 7.33. The minimum Gasteiger partial charge on any atom is -0.495 e. The van der Waals surface area contributed by atoms with E-state index in [9.17, 15) is 9.59 Å². The number of para-hydroxylation sites is 3. The van der Waals surface area contributed by atoms with Crippen molar-refractivity contribution in [3.8, 4) is 17.2 Å². The number of carbonyl (C=O) groups excluding carboxylic acids is 2. The smallest absolute Gasteiger partial charge is 0.269 e. The largest absolute Gasteiger partial charge is 0.495 e. The van der Waals surface area contributed by atoms with Gasteiger partial charge in [-0.25, -0.2) is 0 Å². The van der Waals surface area contributed by atoms with Crippen molar-refractivity contribution >= 4 is 39.9 Å². The summed E-state index contributed by atoms with van der Waals surface area (Å²) < 4.78 is 22.4. The Balaban J connectivity index is 1.48. The molecule has 1 atom stereocenters. The van der Waals surface area contributed by atoms with E-state index in [0.29, 0.717) is 33.8 Å². The summed E-state index contributed by atoms with van der Waals surface area (Å²) in [5.41, 5.74) is 1.01. The molecule has 1 amide bonds. The summed E-state index contributed by atoms with van der Waals surface area (Å²) in [5, 5.41) is 3.68. The summed E-state index contributed by atoms with van der Waals surface area (Å²) in [6.07, 6.45) is -0.896. The predicted molar refractivity (Wildman–Crippen MR) is 123 cm³/mol. The molecular formula is C25H18ClNO6. The molecule has 1 aliphatic rings. The van der Waals surface area contributed by atoms with Crippen LogP contribution >= 0.6 is 11.6 Å². The van der Waals surface area contributed by atoms with Gasteiger partial charge in [-0.05, 0) is 42.5 Å². The summed E-state index contributed by atoms with van der Waals surface area (Å²) >= 11 is 6.20. The quantitative estimate of drug-likeness (QED) is 0.414. The molecule has 7 nitrogen and oxygen atoms in total. The Kier molecular flexibility index (Phi) is 5.40. The first-order chi connectivity index (χ1) is 16.0. The lowest BCUT2D eigenvalue weighted by molar-refractivity contribution is -0.125. The van der Waals surface area contributed by atoms with E-state index in [4.69, 9.17) is 30.2 Å². The molecule has 0 radical (unpaired) electrons. The van der Waals surface area contributed by atoms with Crippen LogP contribution in [0.5, 0.6) is 17.2 Å². The van der Waals surface area contributed by atoms with Gasteiger partial charge in [0.05, 0.1) is 17.8 Å². The zero-order valence-corrected chi connectivity index (χ0v) is 18.2. The summed E-state index contributed by atoms with van der Waals surface area (Å²) in [6.45, 7) is 0.0377. The van der Waals surface area contributed by atoms with Crippen LogP contribution in [0.2, 0.25) is 5.02 Å². The normalized spacial score (nSPS) is 14.7. The maximum atomic E-state index is 13.3. The molecule has 2 heterocycles. The van der Waals surface area contributed by atoms with Gasteiger partial charge in [-0.3, -0.25) is 9.59 Å². The Bertz CT molecular complexity index is 1380. The molecule has 0 aliphatic carbocycles.